The Kier molecular flexibility index (Phi) is 5.00. The van der Waals surface area contributed by atoms with Crippen molar-refractivity contribution in [2.45, 2.75) is 44.6 Å². The average Bonchev–Trinajstić information content (AvgIpc) is 2.40. The summed E-state index contributed by atoms with van der Waals surface area (Å²) >= 11 is 0. The van der Waals surface area contributed by atoms with Gasteiger partial charge in [0.2, 0.25) is 0 Å². The zero-order valence-electron chi connectivity index (χ0n) is 11.0. The van der Waals surface area contributed by atoms with E-state index in [4.69, 9.17) is 4.74 Å². The Balaban J connectivity index is 1.83. The number of rotatable bonds is 5. The minimum Gasteiger partial charge on any atom is -0.496 e. The van der Waals surface area contributed by atoms with E-state index >= 15 is 0 Å². The van der Waals surface area contributed by atoms with Crippen LogP contribution in [0.15, 0.2) is 18.2 Å². The van der Waals surface area contributed by atoms with Gasteiger partial charge in [0.1, 0.15) is 11.6 Å². The molecule has 0 saturated heterocycles. The van der Waals surface area contributed by atoms with E-state index in [0.717, 1.165) is 24.3 Å². The van der Waals surface area contributed by atoms with E-state index in [0.29, 0.717) is 6.04 Å². The number of nitrogens with one attached hydrogen (secondary N) is 1. The summed E-state index contributed by atoms with van der Waals surface area (Å²) in [6.07, 6.45) is 7.41. The summed E-state index contributed by atoms with van der Waals surface area (Å²) < 4.78 is 18.4. The molecule has 0 bridgehead atoms. The van der Waals surface area contributed by atoms with E-state index in [1.165, 1.54) is 38.2 Å². The van der Waals surface area contributed by atoms with Crippen LogP contribution in [0, 0.1) is 5.82 Å². The number of halogens is 1. The first-order chi connectivity index (χ1) is 8.79. The van der Waals surface area contributed by atoms with Crippen molar-refractivity contribution >= 4 is 0 Å². The maximum atomic E-state index is 13.2. The van der Waals surface area contributed by atoms with Crippen LogP contribution in [0.1, 0.15) is 37.7 Å². The lowest BCUT2D eigenvalue weighted by molar-refractivity contribution is 0.372. The summed E-state index contributed by atoms with van der Waals surface area (Å²) in [5.41, 5.74) is 0.945. The van der Waals surface area contributed by atoms with Crippen molar-refractivity contribution in [1.82, 2.24) is 5.32 Å². The number of hydrogen-bond donors (Lipinski definition) is 1. The zero-order valence-corrected chi connectivity index (χ0v) is 11.0. The van der Waals surface area contributed by atoms with Crippen LogP contribution in [-0.2, 0) is 6.42 Å². The first kappa shape index (κ1) is 13.3. The summed E-state index contributed by atoms with van der Waals surface area (Å²) in [5.74, 6) is 0.588. The summed E-state index contributed by atoms with van der Waals surface area (Å²) in [7, 11) is 1.63. The molecule has 18 heavy (non-hydrogen) atoms. The summed E-state index contributed by atoms with van der Waals surface area (Å²) in [6, 6.07) is 5.36. The fourth-order valence-electron chi connectivity index (χ4n) is 2.66. The Hall–Kier alpha value is -1.09. The van der Waals surface area contributed by atoms with E-state index in [1.54, 1.807) is 19.2 Å². The van der Waals surface area contributed by atoms with E-state index in [1.807, 2.05) is 0 Å². The average molecular weight is 251 g/mol. The van der Waals surface area contributed by atoms with Crippen molar-refractivity contribution in [1.29, 1.82) is 0 Å². The van der Waals surface area contributed by atoms with Crippen molar-refractivity contribution < 1.29 is 9.13 Å². The highest BCUT2D eigenvalue weighted by atomic mass is 19.1. The smallest absolute Gasteiger partial charge is 0.123 e. The van der Waals surface area contributed by atoms with E-state index in [9.17, 15) is 4.39 Å². The molecule has 0 radical (unpaired) electrons. The number of hydrogen-bond acceptors (Lipinski definition) is 2. The van der Waals surface area contributed by atoms with Gasteiger partial charge in [0.05, 0.1) is 7.11 Å². The zero-order chi connectivity index (χ0) is 12.8. The number of methoxy groups -OCH3 is 1. The van der Waals surface area contributed by atoms with Crippen molar-refractivity contribution in [2.24, 2.45) is 0 Å². The highest BCUT2D eigenvalue weighted by Gasteiger charge is 2.12. The first-order valence-corrected chi connectivity index (χ1v) is 6.85. The third kappa shape index (κ3) is 3.70. The largest absolute Gasteiger partial charge is 0.496 e. The lowest BCUT2D eigenvalue weighted by Gasteiger charge is -2.23. The Morgan fingerprint density at radius 2 is 2.06 bits per heavy atom. The van der Waals surface area contributed by atoms with E-state index in [-0.39, 0.29) is 5.82 Å². The SMILES string of the molecule is COc1ccc(F)cc1CCNC1CCCCC1. The molecule has 1 N–H and O–H groups in total. The molecule has 0 unspecified atom stereocenters. The second-order valence-electron chi connectivity index (χ2n) is 5.00. The molecule has 1 aliphatic rings. The second kappa shape index (κ2) is 6.74. The van der Waals surface area contributed by atoms with Gasteiger partial charge in [-0.1, -0.05) is 19.3 Å². The quantitative estimate of drug-likeness (QED) is 0.867. The van der Waals surface area contributed by atoms with Crippen LogP contribution in [0.2, 0.25) is 0 Å². The Labute approximate surface area is 109 Å². The van der Waals surface area contributed by atoms with Gasteiger partial charge in [-0.05, 0) is 49.6 Å². The Bertz CT molecular complexity index is 375. The molecule has 0 spiro atoms. The fraction of sp³-hybridized carbons (Fsp3) is 0.600. The van der Waals surface area contributed by atoms with E-state index < -0.39 is 0 Å². The number of ether oxygens (including phenoxy) is 1. The standard InChI is InChI=1S/C15H22FNO/c1-18-15-8-7-13(16)11-12(15)9-10-17-14-5-3-2-4-6-14/h7-8,11,14,17H,2-6,9-10H2,1H3. The summed E-state index contributed by atoms with van der Waals surface area (Å²) in [4.78, 5) is 0. The van der Waals surface area contributed by atoms with Gasteiger partial charge < -0.3 is 10.1 Å². The minimum atomic E-state index is -0.191. The molecule has 1 aromatic carbocycles. The molecular weight excluding hydrogens is 229 g/mol. The molecule has 0 aromatic heterocycles. The van der Waals surface area contributed by atoms with Crippen molar-refractivity contribution in [3.8, 4) is 5.75 Å². The molecule has 0 heterocycles. The van der Waals surface area contributed by atoms with Crippen LogP contribution >= 0.6 is 0 Å². The van der Waals surface area contributed by atoms with Gasteiger partial charge in [-0.2, -0.15) is 0 Å². The predicted molar refractivity (Wildman–Crippen MR) is 71.5 cm³/mol. The van der Waals surface area contributed by atoms with Crippen LogP contribution in [0.5, 0.6) is 5.75 Å². The minimum absolute atomic E-state index is 0.191. The first-order valence-electron chi connectivity index (χ1n) is 6.85. The molecule has 100 valence electrons. The molecule has 1 saturated carbocycles. The van der Waals surface area contributed by atoms with Gasteiger partial charge in [0.25, 0.3) is 0 Å². The van der Waals surface area contributed by atoms with Gasteiger partial charge >= 0.3 is 0 Å². The van der Waals surface area contributed by atoms with Crippen LogP contribution in [0.25, 0.3) is 0 Å². The van der Waals surface area contributed by atoms with Crippen LogP contribution in [-0.4, -0.2) is 19.7 Å². The van der Waals surface area contributed by atoms with Crippen LogP contribution in [0.3, 0.4) is 0 Å². The Morgan fingerprint density at radius 3 is 2.78 bits per heavy atom. The topological polar surface area (TPSA) is 21.3 Å². The molecule has 2 rings (SSSR count). The fourth-order valence-corrected chi connectivity index (χ4v) is 2.66. The third-order valence-electron chi connectivity index (χ3n) is 3.67. The van der Waals surface area contributed by atoms with Crippen molar-refractivity contribution in [2.75, 3.05) is 13.7 Å². The molecule has 1 fully saturated rings. The number of benzene rings is 1. The van der Waals surface area contributed by atoms with E-state index in [2.05, 4.69) is 5.32 Å². The van der Waals surface area contributed by atoms with Crippen molar-refractivity contribution in [3.05, 3.63) is 29.6 Å². The molecule has 0 aliphatic heterocycles. The molecule has 3 heteroatoms. The molecule has 0 atom stereocenters. The predicted octanol–water partition coefficient (Wildman–Crippen LogP) is 3.30. The molecule has 2 nitrogen and oxygen atoms in total. The highest BCUT2D eigenvalue weighted by molar-refractivity contribution is 5.34. The van der Waals surface area contributed by atoms with Crippen LogP contribution in [0.4, 0.5) is 4.39 Å². The third-order valence-corrected chi connectivity index (χ3v) is 3.67. The maximum Gasteiger partial charge on any atom is 0.123 e. The molecular formula is C15H22FNO. The highest BCUT2D eigenvalue weighted by Crippen LogP contribution is 2.20. The molecule has 1 aliphatic carbocycles. The second-order valence-corrected chi connectivity index (χ2v) is 5.00. The summed E-state index contributed by atoms with van der Waals surface area (Å²) in [6.45, 7) is 0.893. The summed E-state index contributed by atoms with van der Waals surface area (Å²) in [5, 5.41) is 3.56. The van der Waals surface area contributed by atoms with Gasteiger partial charge in [-0.15, -0.1) is 0 Å². The maximum absolute atomic E-state index is 13.2. The van der Waals surface area contributed by atoms with Gasteiger partial charge in [0.15, 0.2) is 0 Å². The molecule has 1 aromatic rings. The lowest BCUT2D eigenvalue weighted by atomic mass is 9.95. The Morgan fingerprint density at radius 1 is 1.28 bits per heavy atom. The van der Waals surface area contributed by atoms with Gasteiger partial charge in [-0.3, -0.25) is 0 Å². The van der Waals surface area contributed by atoms with Crippen LogP contribution < -0.4 is 10.1 Å². The van der Waals surface area contributed by atoms with Gasteiger partial charge in [0, 0.05) is 6.04 Å². The lowest BCUT2D eigenvalue weighted by Crippen LogP contribution is -2.32. The normalized spacial score (nSPS) is 16.8. The molecule has 0 amide bonds. The van der Waals surface area contributed by atoms with Crippen molar-refractivity contribution in [3.63, 3.8) is 0 Å². The monoisotopic (exact) mass is 251 g/mol. The van der Waals surface area contributed by atoms with Gasteiger partial charge in [-0.25, -0.2) is 4.39 Å².